The van der Waals surface area contributed by atoms with Crippen molar-refractivity contribution in [1.29, 1.82) is 0 Å². The Balaban J connectivity index is 1.81. The minimum atomic E-state index is -4.53. The Kier molecular flexibility index (Phi) is 11.5. The first kappa shape index (κ1) is 35.0. The zero-order chi connectivity index (χ0) is 32.8. The maximum absolute atomic E-state index is 13.8. The topological polar surface area (TPSA) is 177 Å². The number of rotatable bonds is 13. The number of alkyl halides is 3. The molecule has 0 radical (unpaired) electrons. The highest BCUT2D eigenvalue weighted by molar-refractivity contribution is 6.62. The van der Waals surface area contributed by atoms with Gasteiger partial charge in [0.25, 0.3) is 0 Å². The van der Waals surface area contributed by atoms with Crippen molar-refractivity contribution in [1.82, 2.24) is 10.2 Å². The number of nitrogens with one attached hydrogen (secondary N) is 1. The second-order valence-corrected chi connectivity index (χ2v) is 11.2. The molecule has 3 rings (SSSR count). The van der Waals surface area contributed by atoms with Gasteiger partial charge in [-0.25, -0.2) is 0 Å². The fraction of sp³-hybridized carbons (Fsp3) is 0.483. The van der Waals surface area contributed by atoms with E-state index in [-0.39, 0.29) is 38.3 Å². The number of hydrogen-bond acceptors (Lipinski definition) is 8. The first-order chi connectivity index (χ1) is 20.6. The van der Waals surface area contributed by atoms with Crippen LogP contribution >= 0.6 is 0 Å². The van der Waals surface area contributed by atoms with Crippen LogP contribution < -0.4 is 32.9 Å². The largest absolute Gasteiger partial charge is 0.492 e. The van der Waals surface area contributed by atoms with E-state index in [4.69, 9.17) is 21.9 Å². The maximum Gasteiger partial charge on any atom is 0.492 e. The van der Waals surface area contributed by atoms with Crippen molar-refractivity contribution in [2.75, 3.05) is 38.1 Å². The van der Waals surface area contributed by atoms with Gasteiger partial charge in [-0.15, -0.1) is 0 Å². The van der Waals surface area contributed by atoms with Crippen molar-refractivity contribution in [3.8, 4) is 0 Å². The smallest absolute Gasteiger partial charge is 0.423 e. The Morgan fingerprint density at radius 1 is 1.07 bits per heavy atom. The minimum Gasteiger partial charge on any atom is -0.423 e. The summed E-state index contributed by atoms with van der Waals surface area (Å²) in [4.78, 5) is 42.3. The molecule has 0 spiro atoms. The van der Waals surface area contributed by atoms with E-state index in [1.165, 1.54) is 29.0 Å². The number of nitrogens with zero attached hydrogens (tertiary/aromatic N) is 2. The molecule has 0 aromatic heterocycles. The van der Waals surface area contributed by atoms with E-state index in [1.54, 1.807) is 32.0 Å². The molecular formula is C29H40BF3N6O5. The van der Waals surface area contributed by atoms with Crippen molar-refractivity contribution >= 4 is 36.0 Å². The fourth-order valence-corrected chi connectivity index (χ4v) is 5.04. The van der Waals surface area contributed by atoms with E-state index in [2.05, 4.69) is 5.32 Å². The molecule has 15 heteroatoms. The predicted octanol–water partition coefficient (Wildman–Crippen LogP) is 0.202. The van der Waals surface area contributed by atoms with Gasteiger partial charge in [0.15, 0.2) is 0 Å². The van der Waals surface area contributed by atoms with E-state index in [0.717, 1.165) is 12.1 Å². The molecule has 0 unspecified atom stereocenters. The number of likely N-dealkylation sites (N-methyl/N-ethyl adjacent to an activating group) is 1. The number of benzene rings is 2. The Hall–Kier alpha value is -3.50. The first-order valence-corrected chi connectivity index (χ1v) is 14.3. The third-order valence-electron chi connectivity index (χ3n) is 7.57. The maximum atomic E-state index is 13.8. The van der Waals surface area contributed by atoms with E-state index < -0.39 is 48.4 Å². The van der Waals surface area contributed by atoms with Crippen LogP contribution in [0.25, 0.3) is 0 Å². The number of carbonyl (C=O) groups is 3. The van der Waals surface area contributed by atoms with Crippen molar-refractivity contribution < 1.29 is 37.2 Å². The average Bonchev–Trinajstić information content (AvgIpc) is 3.21. The third kappa shape index (κ3) is 8.57. The Morgan fingerprint density at radius 3 is 2.25 bits per heavy atom. The number of anilines is 1. The molecule has 1 aliphatic rings. The molecule has 2 aromatic rings. The molecule has 1 aliphatic heterocycles. The van der Waals surface area contributed by atoms with Gasteiger partial charge in [0.05, 0.1) is 17.2 Å². The number of hydrogen-bond donors (Lipinski definition) is 5. The highest BCUT2D eigenvalue weighted by atomic mass is 19.4. The third-order valence-corrected chi connectivity index (χ3v) is 7.57. The highest BCUT2D eigenvalue weighted by Crippen LogP contribution is 2.32. The molecule has 2 aromatic carbocycles. The van der Waals surface area contributed by atoms with E-state index in [1.807, 2.05) is 0 Å². The second-order valence-electron chi connectivity index (χ2n) is 11.2. The van der Waals surface area contributed by atoms with Crippen molar-refractivity contribution in [3.05, 3.63) is 59.2 Å². The summed E-state index contributed by atoms with van der Waals surface area (Å²) in [5.41, 5.74) is 17.6. The number of nitrogens with two attached hydrogens (primary N) is 3. The predicted molar refractivity (Wildman–Crippen MR) is 161 cm³/mol. The van der Waals surface area contributed by atoms with Crippen molar-refractivity contribution in [3.63, 3.8) is 0 Å². The van der Waals surface area contributed by atoms with Gasteiger partial charge in [-0.05, 0) is 61.1 Å². The highest BCUT2D eigenvalue weighted by Gasteiger charge is 2.41. The van der Waals surface area contributed by atoms with Crippen LogP contribution in [-0.2, 0) is 37.2 Å². The van der Waals surface area contributed by atoms with Gasteiger partial charge >= 0.3 is 13.3 Å². The molecule has 8 N–H and O–H groups in total. The number of fused-ring (bicyclic) bond motifs is 1. The van der Waals surface area contributed by atoms with Gasteiger partial charge in [-0.2, -0.15) is 13.2 Å². The van der Waals surface area contributed by atoms with Crippen LogP contribution in [0.2, 0.25) is 0 Å². The number of carbonyl (C=O) groups excluding carboxylic acids is 3. The van der Waals surface area contributed by atoms with Gasteiger partial charge in [-0.1, -0.05) is 18.2 Å². The summed E-state index contributed by atoms with van der Waals surface area (Å²) in [7, 11) is 0.380. The van der Waals surface area contributed by atoms with Crippen LogP contribution in [0.4, 0.5) is 18.9 Å². The van der Waals surface area contributed by atoms with Crippen LogP contribution in [0.1, 0.15) is 43.4 Å². The molecule has 3 amide bonds. The van der Waals surface area contributed by atoms with E-state index in [9.17, 15) is 32.6 Å². The standard InChI is InChI=1S/C29H40BF3N6O5/c1-28(2)21-17-20(8-9-22(21)30(43)44-28)38(3)27(42)24(16-18-4-6-19(7-5-18)29(31,32)33)37-26(41)23(36)10-11-25(40)39(14-12-34)15-13-35/h4-9,17,23-24,43H,10-16,34-36H2,1-3H3,(H,37,41)/t23-,24+/m0/s1. The number of amides is 3. The second kappa shape index (κ2) is 14.5. The monoisotopic (exact) mass is 620 g/mol. The summed E-state index contributed by atoms with van der Waals surface area (Å²) in [5.74, 6) is -1.53. The van der Waals surface area contributed by atoms with Gasteiger partial charge in [-0.3, -0.25) is 14.4 Å². The molecule has 11 nitrogen and oxygen atoms in total. The van der Waals surface area contributed by atoms with Crippen LogP contribution in [0.3, 0.4) is 0 Å². The lowest BCUT2D eigenvalue weighted by atomic mass is 9.78. The summed E-state index contributed by atoms with van der Waals surface area (Å²) in [6.07, 6.45) is -4.73. The molecule has 240 valence electrons. The SMILES string of the molecule is CN(C(=O)[C@@H](Cc1ccc(C(F)(F)F)cc1)NC(=O)[C@@H](N)CCC(=O)N(CCN)CCN)c1ccc2c(c1)C(C)(C)OB2O. The Bertz CT molecular complexity index is 1320. The molecule has 0 bridgehead atoms. The van der Waals surface area contributed by atoms with Crippen molar-refractivity contribution in [2.24, 2.45) is 17.2 Å². The van der Waals surface area contributed by atoms with Crippen LogP contribution in [0.5, 0.6) is 0 Å². The molecule has 2 atom stereocenters. The summed E-state index contributed by atoms with van der Waals surface area (Å²) < 4.78 is 44.9. The van der Waals surface area contributed by atoms with Gasteiger partial charge in [0.1, 0.15) is 6.04 Å². The summed E-state index contributed by atoms with van der Waals surface area (Å²) in [5, 5.41) is 12.9. The zero-order valence-electron chi connectivity index (χ0n) is 25.1. The normalized spacial score (nSPS) is 15.4. The molecule has 0 fully saturated rings. The lowest BCUT2D eigenvalue weighted by molar-refractivity contribution is -0.137. The summed E-state index contributed by atoms with van der Waals surface area (Å²) >= 11 is 0. The molecule has 0 saturated heterocycles. The Morgan fingerprint density at radius 2 is 1.68 bits per heavy atom. The quantitative estimate of drug-likeness (QED) is 0.197. The average molecular weight is 620 g/mol. The van der Waals surface area contributed by atoms with E-state index >= 15 is 0 Å². The fourth-order valence-electron chi connectivity index (χ4n) is 5.04. The van der Waals surface area contributed by atoms with Crippen LogP contribution in [0.15, 0.2) is 42.5 Å². The van der Waals surface area contributed by atoms with Crippen molar-refractivity contribution in [2.45, 2.75) is 57.0 Å². The lowest BCUT2D eigenvalue weighted by Crippen LogP contribution is -2.53. The van der Waals surface area contributed by atoms with Crippen LogP contribution in [-0.4, -0.2) is 80.1 Å². The van der Waals surface area contributed by atoms with Gasteiger partial charge in [0, 0.05) is 51.8 Å². The van der Waals surface area contributed by atoms with E-state index in [0.29, 0.717) is 35.4 Å². The molecule has 0 aliphatic carbocycles. The molecular weight excluding hydrogens is 580 g/mol. The molecule has 1 heterocycles. The zero-order valence-corrected chi connectivity index (χ0v) is 25.1. The lowest BCUT2D eigenvalue weighted by Gasteiger charge is -2.27. The molecule has 44 heavy (non-hydrogen) atoms. The molecule has 0 saturated carbocycles. The first-order valence-electron chi connectivity index (χ1n) is 14.3. The minimum absolute atomic E-state index is 0.0183. The van der Waals surface area contributed by atoms with Crippen LogP contribution in [0, 0.1) is 0 Å². The summed E-state index contributed by atoms with van der Waals surface area (Å²) in [6, 6.07) is 6.90. The number of halogens is 3. The van der Waals surface area contributed by atoms with Gasteiger partial charge < -0.3 is 42.0 Å². The Labute approximate surface area is 255 Å². The summed E-state index contributed by atoms with van der Waals surface area (Å²) in [6.45, 7) is 4.65. The van der Waals surface area contributed by atoms with Gasteiger partial charge in [0.2, 0.25) is 17.7 Å².